The molecular formula is C11H13N5O2S. The van der Waals surface area contributed by atoms with Crippen molar-refractivity contribution in [3.63, 3.8) is 0 Å². The third-order valence-electron chi connectivity index (χ3n) is 3.48. The molecule has 1 aliphatic rings. The minimum Gasteiger partial charge on any atom is -0.225 e. The number of primary sulfonamides is 1. The van der Waals surface area contributed by atoms with E-state index in [0.717, 1.165) is 24.8 Å². The van der Waals surface area contributed by atoms with Gasteiger partial charge in [-0.15, -0.1) is 10.2 Å². The highest BCUT2D eigenvalue weighted by Gasteiger charge is 2.28. The van der Waals surface area contributed by atoms with Gasteiger partial charge in [0.25, 0.3) is 0 Å². The fourth-order valence-electron chi connectivity index (χ4n) is 2.35. The molecule has 0 radical (unpaired) electrons. The molecule has 0 amide bonds. The molecule has 0 atom stereocenters. The van der Waals surface area contributed by atoms with Crippen molar-refractivity contribution in [2.75, 3.05) is 0 Å². The summed E-state index contributed by atoms with van der Waals surface area (Å²) in [5, 5.41) is 18.9. The van der Waals surface area contributed by atoms with E-state index in [1.54, 1.807) is 6.07 Å². The fourth-order valence-corrected chi connectivity index (χ4v) is 3.11. The normalized spacial score (nSPS) is 16.3. The molecule has 1 heterocycles. The minimum atomic E-state index is -3.82. The summed E-state index contributed by atoms with van der Waals surface area (Å²) in [6.45, 7) is 0. The molecule has 0 bridgehead atoms. The Labute approximate surface area is 110 Å². The summed E-state index contributed by atoms with van der Waals surface area (Å²) in [7, 11) is -3.82. The van der Waals surface area contributed by atoms with Gasteiger partial charge in [0.2, 0.25) is 15.8 Å². The number of rotatable bonds is 3. The van der Waals surface area contributed by atoms with Gasteiger partial charge in [0.15, 0.2) is 0 Å². The Bertz CT molecular complexity index is 692. The molecule has 19 heavy (non-hydrogen) atoms. The first-order valence-corrected chi connectivity index (χ1v) is 7.51. The first-order valence-electron chi connectivity index (χ1n) is 5.97. The Hall–Kier alpha value is -1.80. The zero-order valence-corrected chi connectivity index (χ0v) is 10.9. The number of tetrazole rings is 1. The van der Waals surface area contributed by atoms with Crippen LogP contribution >= 0.6 is 0 Å². The largest absolute Gasteiger partial charge is 0.238 e. The lowest BCUT2D eigenvalue weighted by Gasteiger charge is -2.27. The number of H-pyrrole nitrogens is 1. The molecule has 8 heteroatoms. The number of hydrogen-bond acceptors (Lipinski definition) is 5. The number of nitrogens with one attached hydrogen (secondary N) is 1. The summed E-state index contributed by atoms with van der Waals surface area (Å²) in [5.41, 5.74) is 1.41. The second-order valence-corrected chi connectivity index (χ2v) is 6.16. The number of benzene rings is 1. The maximum atomic E-state index is 11.7. The van der Waals surface area contributed by atoms with Crippen LogP contribution in [0.4, 0.5) is 0 Å². The molecule has 1 aromatic heterocycles. The van der Waals surface area contributed by atoms with E-state index < -0.39 is 10.0 Å². The average Bonchev–Trinajstić information content (AvgIpc) is 2.78. The molecule has 1 fully saturated rings. The van der Waals surface area contributed by atoms with E-state index >= 15 is 0 Å². The second-order valence-electron chi connectivity index (χ2n) is 4.63. The van der Waals surface area contributed by atoms with E-state index in [2.05, 4.69) is 20.6 Å². The SMILES string of the molecule is NS(=O)(=O)c1cccc(C2CCC2)c1-c1nn[nH]n1. The van der Waals surface area contributed by atoms with Crippen LogP contribution in [0.3, 0.4) is 0 Å². The Morgan fingerprint density at radius 1 is 1.32 bits per heavy atom. The molecule has 3 rings (SSSR count). The molecule has 1 aliphatic carbocycles. The van der Waals surface area contributed by atoms with Crippen molar-refractivity contribution >= 4 is 10.0 Å². The van der Waals surface area contributed by atoms with Crippen molar-refractivity contribution in [1.82, 2.24) is 20.6 Å². The number of aromatic amines is 1. The van der Waals surface area contributed by atoms with Gasteiger partial charge in [0.05, 0.1) is 4.90 Å². The molecule has 3 N–H and O–H groups in total. The first-order chi connectivity index (χ1) is 9.07. The van der Waals surface area contributed by atoms with Crippen molar-refractivity contribution in [2.45, 2.75) is 30.1 Å². The monoisotopic (exact) mass is 279 g/mol. The number of sulfonamides is 1. The molecular weight excluding hydrogens is 266 g/mol. The van der Waals surface area contributed by atoms with Gasteiger partial charge in [-0.3, -0.25) is 0 Å². The summed E-state index contributed by atoms with van der Waals surface area (Å²) in [6.07, 6.45) is 3.23. The Morgan fingerprint density at radius 3 is 2.63 bits per heavy atom. The highest BCUT2D eigenvalue weighted by molar-refractivity contribution is 7.89. The molecule has 0 saturated heterocycles. The molecule has 1 saturated carbocycles. The summed E-state index contributed by atoms with van der Waals surface area (Å²) in [6, 6.07) is 5.09. The molecule has 0 unspecified atom stereocenters. The summed E-state index contributed by atoms with van der Waals surface area (Å²) < 4.78 is 23.4. The van der Waals surface area contributed by atoms with E-state index in [1.807, 2.05) is 6.07 Å². The van der Waals surface area contributed by atoms with E-state index in [-0.39, 0.29) is 10.7 Å². The number of hydrogen-bond donors (Lipinski definition) is 2. The van der Waals surface area contributed by atoms with Gasteiger partial charge >= 0.3 is 0 Å². The van der Waals surface area contributed by atoms with Crippen LogP contribution in [0.15, 0.2) is 23.1 Å². The predicted molar refractivity (Wildman–Crippen MR) is 67.6 cm³/mol. The van der Waals surface area contributed by atoms with Crippen molar-refractivity contribution in [1.29, 1.82) is 0 Å². The first kappa shape index (κ1) is 12.2. The van der Waals surface area contributed by atoms with Gasteiger partial charge in [-0.05, 0) is 35.6 Å². The quantitative estimate of drug-likeness (QED) is 0.861. The molecule has 100 valence electrons. The van der Waals surface area contributed by atoms with Crippen molar-refractivity contribution in [3.8, 4) is 11.4 Å². The van der Waals surface area contributed by atoms with Gasteiger partial charge in [0, 0.05) is 5.56 Å². The van der Waals surface area contributed by atoms with Gasteiger partial charge in [-0.1, -0.05) is 18.6 Å². The standard InChI is InChI=1S/C11H13N5O2S/c12-19(17,18)9-6-2-5-8(7-3-1-4-7)10(9)11-13-15-16-14-11/h2,5-7H,1,3-4H2,(H2,12,17,18)(H,13,14,15,16). The minimum absolute atomic E-state index is 0.0540. The maximum absolute atomic E-state index is 11.7. The molecule has 7 nitrogen and oxygen atoms in total. The predicted octanol–water partition coefficient (Wildman–Crippen LogP) is 0.782. The molecule has 2 aromatic rings. The van der Waals surface area contributed by atoms with Crippen LogP contribution in [0.1, 0.15) is 30.7 Å². The van der Waals surface area contributed by atoms with Crippen molar-refractivity contribution < 1.29 is 8.42 Å². The van der Waals surface area contributed by atoms with E-state index in [1.165, 1.54) is 6.07 Å². The molecule has 0 spiro atoms. The smallest absolute Gasteiger partial charge is 0.225 e. The van der Waals surface area contributed by atoms with Crippen LogP contribution in [0.25, 0.3) is 11.4 Å². The third kappa shape index (κ3) is 2.13. The van der Waals surface area contributed by atoms with Gasteiger partial charge in [0.1, 0.15) is 0 Å². The zero-order chi connectivity index (χ0) is 13.5. The van der Waals surface area contributed by atoms with E-state index in [9.17, 15) is 8.42 Å². The lowest BCUT2D eigenvalue weighted by atomic mass is 9.78. The summed E-state index contributed by atoms with van der Waals surface area (Å²) >= 11 is 0. The zero-order valence-electron chi connectivity index (χ0n) is 10.1. The van der Waals surface area contributed by atoms with Crippen LogP contribution in [0.2, 0.25) is 0 Å². The van der Waals surface area contributed by atoms with Crippen molar-refractivity contribution in [3.05, 3.63) is 23.8 Å². The summed E-state index contributed by atoms with van der Waals surface area (Å²) in [5.74, 6) is 0.613. The highest BCUT2D eigenvalue weighted by Crippen LogP contribution is 2.42. The number of nitrogens with zero attached hydrogens (tertiary/aromatic N) is 3. The Kier molecular flexibility index (Phi) is 2.83. The van der Waals surface area contributed by atoms with Gasteiger partial charge in [-0.25, -0.2) is 13.6 Å². The van der Waals surface area contributed by atoms with Crippen LogP contribution < -0.4 is 5.14 Å². The van der Waals surface area contributed by atoms with Crippen LogP contribution in [0, 0.1) is 0 Å². The second kappa shape index (κ2) is 4.39. The number of nitrogens with two attached hydrogens (primary N) is 1. The number of aromatic nitrogens is 4. The average molecular weight is 279 g/mol. The highest BCUT2D eigenvalue weighted by atomic mass is 32.2. The van der Waals surface area contributed by atoms with Crippen molar-refractivity contribution in [2.24, 2.45) is 5.14 Å². The van der Waals surface area contributed by atoms with Gasteiger partial charge < -0.3 is 0 Å². The molecule has 1 aromatic carbocycles. The lowest BCUT2D eigenvalue weighted by Crippen LogP contribution is -2.17. The van der Waals surface area contributed by atoms with E-state index in [0.29, 0.717) is 11.5 Å². The Morgan fingerprint density at radius 2 is 2.11 bits per heavy atom. The Balaban J connectivity index is 2.26. The van der Waals surface area contributed by atoms with Crippen LogP contribution in [-0.4, -0.2) is 29.0 Å². The summed E-state index contributed by atoms with van der Waals surface area (Å²) in [4.78, 5) is 0.0540. The fraction of sp³-hybridized carbons (Fsp3) is 0.364. The third-order valence-corrected chi connectivity index (χ3v) is 4.43. The maximum Gasteiger partial charge on any atom is 0.238 e. The molecule has 0 aliphatic heterocycles. The van der Waals surface area contributed by atoms with Crippen LogP contribution in [0.5, 0.6) is 0 Å². The van der Waals surface area contributed by atoms with Gasteiger partial charge in [-0.2, -0.15) is 5.21 Å². The lowest BCUT2D eigenvalue weighted by molar-refractivity contribution is 0.420. The van der Waals surface area contributed by atoms with E-state index in [4.69, 9.17) is 5.14 Å². The topological polar surface area (TPSA) is 115 Å². The van der Waals surface area contributed by atoms with Crippen LogP contribution in [-0.2, 0) is 10.0 Å².